The predicted molar refractivity (Wildman–Crippen MR) is 55.2 cm³/mol. The molecule has 0 spiro atoms. The molecule has 0 aromatic rings. The predicted octanol–water partition coefficient (Wildman–Crippen LogP) is 1.30. The standard InChI is InChI=1S/C8H16N2O2S/c1-4-6(7(11)9-3)8(10-12)13-5-2/h6,12H,4-5H2,1-3H3,(H,9,11). The van der Waals surface area contributed by atoms with Crippen molar-refractivity contribution < 1.29 is 10.0 Å². The van der Waals surface area contributed by atoms with Crippen molar-refractivity contribution in [3.63, 3.8) is 0 Å². The first-order valence-electron chi connectivity index (χ1n) is 4.27. The smallest absolute Gasteiger partial charge is 0.229 e. The summed E-state index contributed by atoms with van der Waals surface area (Å²) in [4.78, 5) is 11.3. The molecule has 2 N–H and O–H groups in total. The van der Waals surface area contributed by atoms with Gasteiger partial charge in [-0.2, -0.15) is 0 Å². The van der Waals surface area contributed by atoms with Crippen LogP contribution in [0.3, 0.4) is 0 Å². The summed E-state index contributed by atoms with van der Waals surface area (Å²) in [6.45, 7) is 3.84. The zero-order valence-corrected chi connectivity index (χ0v) is 9.02. The minimum absolute atomic E-state index is 0.101. The molecule has 1 amide bonds. The topological polar surface area (TPSA) is 61.7 Å². The Kier molecular flexibility index (Phi) is 6.40. The molecule has 0 rings (SSSR count). The largest absolute Gasteiger partial charge is 0.410 e. The second-order valence-corrected chi connectivity index (χ2v) is 3.73. The van der Waals surface area contributed by atoms with E-state index >= 15 is 0 Å². The van der Waals surface area contributed by atoms with E-state index in [9.17, 15) is 4.79 Å². The normalized spacial score (nSPS) is 13.9. The second-order valence-electron chi connectivity index (χ2n) is 2.45. The molecule has 13 heavy (non-hydrogen) atoms. The van der Waals surface area contributed by atoms with Gasteiger partial charge in [-0.05, 0) is 12.2 Å². The van der Waals surface area contributed by atoms with Crippen molar-refractivity contribution in [1.82, 2.24) is 5.32 Å². The molecule has 0 aromatic heterocycles. The minimum Gasteiger partial charge on any atom is -0.410 e. The van der Waals surface area contributed by atoms with Crippen LogP contribution in [0.5, 0.6) is 0 Å². The molecule has 1 atom stereocenters. The molecule has 0 aliphatic rings. The third kappa shape index (κ3) is 3.67. The summed E-state index contributed by atoms with van der Waals surface area (Å²) in [6, 6.07) is 0. The van der Waals surface area contributed by atoms with E-state index in [1.165, 1.54) is 11.8 Å². The Morgan fingerprint density at radius 3 is 2.54 bits per heavy atom. The molecule has 76 valence electrons. The van der Waals surface area contributed by atoms with Gasteiger partial charge in [-0.1, -0.05) is 19.0 Å². The number of oxime groups is 1. The van der Waals surface area contributed by atoms with Gasteiger partial charge in [-0.3, -0.25) is 4.79 Å². The molecule has 0 saturated heterocycles. The fourth-order valence-electron chi connectivity index (χ4n) is 0.993. The van der Waals surface area contributed by atoms with E-state index in [1.807, 2.05) is 13.8 Å². The minimum atomic E-state index is -0.319. The van der Waals surface area contributed by atoms with Crippen LogP contribution in [-0.2, 0) is 4.79 Å². The summed E-state index contributed by atoms with van der Waals surface area (Å²) < 4.78 is 0. The third-order valence-electron chi connectivity index (χ3n) is 1.66. The number of nitrogens with one attached hydrogen (secondary N) is 1. The molecule has 5 heteroatoms. The number of hydrogen-bond acceptors (Lipinski definition) is 4. The van der Waals surface area contributed by atoms with E-state index in [-0.39, 0.29) is 11.8 Å². The van der Waals surface area contributed by atoms with Crippen LogP contribution in [0.1, 0.15) is 20.3 Å². The van der Waals surface area contributed by atoms with Crippen LogP contribution in [0.25, 0.3) is 0 Å². The van der Waals surface area contributed by atoms with Gasteiger partial charge in [-0.25, -0.2) is 0 Å². The lowest BCUT2D eigenvalue weighted by molar-refractivity contribution is -0.122. The number of rotatable bonds is 4. The van der Waals surface area contributed by atoms with E-state index in [0.717, 1.165) is 5.75 Å². The number of carbonyl (C=O) groups is 1. The number of nitrogens with zero attached hydrogens (tertiary/aromatic N) is 1. The van der Waals surface area contributed by atoms with E-state index in [0.29, 0.717) is 11.5 Å². The van der Waals surface area contributed by atoms with Crippen molar-refractivity contribution in [1.29, 1.82) is 0 Å². The van der Waals surface area contributed by atoms with Crippen molar-refractivity contribution in [2.75, 3.05) is 12.8 Å². The van der Waals surface area contributed by atoms with Gasteiger partial charge in [0.25, 0.3) is 0 Å². The zero-order valence-electron chi connectivity index (χ0n) is 8.20. The maximum absolute atomic E-state index is 11.3. The van der Waals surface area contributed by atoms with Crippen molar-refractivity contribution >= 4 is 22.7 Å². The Bertz CT molecular complexity index is 195. The van der Waals surface area contributed by atoms with E-state index in [4.69, 9.17) is 5.21 Å². The van der Waals surface area contributed by atoms with Crippen molar-refractivity contribution in [2.24, 2.45) is 11.1 Å². The van der Waals surface area contributed by atoms with Gasteiger partial charge in [0, 0.05) is 7.05 Å². The Morgan fingerprint density at radius 2 is 2.23 bits per heavy atom. The molecule has 0 aromatic carbocycles. The van der Waals surface area contributed by atoms with Gasteiger partial charge in [0.15, 0.2) is 0 Å². The highest BCUT2D eigenvalue weighted by molar-refractivity contribution is 8.14. The van der Waals surface area contributed by atoms with Crippen LogP contribution in [0, 0.1) is 5.92 Å². The van der Waals surface area contributed by atoms with Crippen LogP contribution < -0.4 is 5.32 Å². The highest BCUT2D eigenvalue weighted by Gasteiger charge is 2.21. The maximum Gasteiger partial charge on any atom is 0.229 e. The lowest BCUT2D eigenvalue weighted by Gasteiger charge is -2.13. The first-order valence-corrected chi connectivity index (χ1v) is 5.26. The number of amides is 1. The molecule has 0 bridgehead atoms. The summed E-state index contributed by atoms with van der Waals surface area (Å²) >= 11 is 1.39. The Balaban J connectivity index is 4.44. The van der Waals surface area contributed by atoms with Gasteiger partial charge in [0.2, 0.25) is 5.91 Å². The van der Waals surface area contributed by atoms with E-state index in [2.05, 4.69) is 10.5 Å². The Morgan fingerprint density at radius 1 is 1.62 bits per heavy atom. The van der Waals surface area contributed by atoms with E-state index in [1.54, 1.807) is 7.05 Å². The molecular weight excluding hydrogens is 188 g/mol. The fourth-order valence-corrected chi connectivity index (χ4v) is 1.82. The Hall–Kier alpha value is -0.710. The lowest BCUT2D eigenvalue weighted by atomic mass is 10.1. The summed E-state index contributed by atoms with van der Waals surface area (Å²) in [5.74, 6) is 0.378. The molecular formula is C8H16N2O2S. The SMILES string of the molecule is CCSC(=NO)C(CC)C(=O)NC. The van der Waals surface area contributed by atoms with Gasteiger partial charge in [-0.15, -0.1) is 11.8 Å². The number of hydrogen-bond donors (Lipinski definition) is 2. The van der Waals surface area contributed by atoms with Gasteiger partial charge in [0.05, 0.1) is 5.92 Å². The van der Waals surface area contributed by atoms with Gasteiger partial charge >= 0.3 is 0 Å². The third-order valence-corrected chi connectivity index (χ3v) is 2.61. The molecule has 0 heterocycles. The Labute approximate surface area is 82.8 Å². The quantitative estimate of drug-likeness (QED) is 0.314. The van der Waals surface area contributed by atoms with Crippen molar-refractivity contribution in [2.45, 2.75) is 20.3 Å². The average Bonchev–Trinajstić information content (AvgIpc) is 2.17. The molecule has 1 unspecified atom stereocenters. The highest BCUT2D eigenvalue weighted by Crippen LogP contribution is 2.16. The van der Waals surface area contributed by atoms with Crippen LogP contribution >= 0.6 is 11.8 Å². The lowest BCUT2D eigenvalue weighted by Crippen LogP contribution is -2.31. The molecule has 0 aliphatic heterocycles. The first-order chi connectivity index (χ1) is 6.21. The van der Waals surface area contributed by atoms with Crippen LogP contribution in [0.2, 0.25) is 0 Å². The highest BCUT2D eigenvalue weighted by atomic mass is 32.2. The van der Waals surface area contributed by atoms with E-state index < -0.39 is 0 Å². The number of thioether (sulfide) groups is 1. The maximum atomic E-state index is 11.3. The summed E-state index contributed by atoms with van der Waals surface area (Å²) in [5.41, 5.74) is 0. The van der Waals surface area contributed by atoms with Crippen LogP contribution in [0.15, 0.2) is 5.16 Å². The van der Waals surface area contributed by atoms with Crippen LogP contribution in [-0.4, -0.2) is 29.0 Å². The molecule has 4 nitrogen and oxygen atoms in total. The van der Waals surface area contributed by atoms with Crippen LogP contribution in [0.4, 0.5) is 0 Å². The average molecular weight is 204 g/mol. The number of carbonyl (C=O) groups excluding carboxylic acids is 1. The fraction of sp³-hybridized carbons (Fsp3) is 0.750. The molecule has 0 aliphatic carbocycles. The summed E-state index contributed by atoms with van der Waals surface area (Å²) in [7, 11) is 1.58. The zero-order chi connectivity index (χ0) is 10.3. The monoisotopic (exact) mass is 204 g/mol. The van der Waals surface area contributed by atoms with Gasteiger partial charge < -0.3 is 10.5 Å². The summed E-state index contributed by atoms with van der Waals surface area (Å²) in [6.07, 6.45) is 0.645. The van der Waals surface area contributed by atoms with Crippen molar-refractivity contribution in [3.8, 4) is 0 Å². The summed E-state index contributed by atoms with van der Waals surface area (Å²) in [5, 5.41) is 14.9. The van der Waals surface area contributed by atoms with Crippen molar-refractivity contribution in [3.05, 3.63) is 0 Å². The molecule has 0 radical (unpaired) electrons. The molecule has 0 saturated carbocycles. The second kappa shape index (κ2) is 6.77. The molecule has 0 fully saturated rings. The van der Waals surface area contributed by atoms with Gasteiger partial charge in [0.1, 0.15) is 5.04 Å². The first kappa shape index (κ1) is 12.3.